The molecule has 0 bridgehead atoms. The molecule has 3 aromatic carbocycles. The Bertz CT molecular complexity index is 1310. The van der Waals surface area contributed by atoms with Crippen LogP contribution in [0.4, 0.5) is 0 Å². The summed E-state index contributed by atoms with van der Waals surface area (Å²) in [5.74, 6) is 0.884. The Labute approximate surface area is 221 Å². The molecule has 0 aliphatic carbocycles. The fourth-order valence-electron chi connectivity index (χ4n) is 4.88. The molecule has 0 saturated heterocycles. The lowest BCUT2D eigenvalue weighted by Crippen LogP contribution is -2.43. The molecule has 4 rings (SSSR count). The monoisotopic (exact) mass is 494 g/mol. The van der Waals surface area contributed by atoms with Gasteiger partial charge >= 0.3 is 0 Å². The van der Waals surface area contributed by atoms with E-state index in [1.807, 2.05) is 53.4 Å². The van der Waals surface area contributed by atoms with Gasteiger partial charge < -0.3 is 15.2 Å². The van der Waals surface area contributed by atoms with Gasteiger partial charge in [-0.3, -0.25) is 4.79 Å². The molecule has 0 fully saturated rings. The minimum atomic E-state index is -0.275. The molecular weight excluding hydrogens is 456 g/mol. The van der Waals surface area contributed by atoms with Gasteiger partial charge in [0.25, 0.3) is 5.91 Å². The Kier molecular flexibility index (Phi) is 8.24. The van der Waals surface area contributed by atoms with Gasteiger partial charge in [0.05, 0.1) is 11.7 Å². The highest BCUT2D eigenvalue weighted by molar-refractivity contribution is 5.94. The van der Waals surface area contributed by atoms with Crippen LogP contribution in [0.1, 0.15) is 60.5 Å². The van der Waals surface area contributed by atoms with Crippen molar-refractivity contribution >= 4 is 5.91 Å². The summed E-state index contributed by atoms with van der Waals surface area (Å²) in [5.41, 5.74) is 10.7. The third-order valence-electron chi connectivity index (χ3n) is 6.57. The van der Waals surface area contributed by atoms with E-state index in [1.165, 1.54) is 11.1 Å². The number of rotatable bonds is 9. The number of amides is 1. The van der Waals surface area contributed by atoms with Gasteiger partial charge in [0.1, 0.15) is 5.82 Å². The quantitative estimate of drug-likeness (QED) is 0.289. The molecular formula is C32H38N4O. The van der Waals surface area contributed by atoms with E-state index in [4.69, 9.17) is 10.7 Å². The van der Waals surface area contributed by atoms with Crippen LogP contribution in [0.25, 0.3) is 11.3 Å². The third kappa shape index (κ3) is 6.36. The molecule has 5 nitrogen and oxygen atoms in total. The zero-order chi connectivity index (χ0) is 26.4. The van der Waals surface area contributed by atoms with Gasteiger partial charge in [0.15, 0.2) is 0 Å². The predicted octanol–water partition coefficient (Wildman–Crippen LogP) is 6.49. The molecule has 1 heterocycles. The Hall–Kier alpha value is -3.70. The van der Waals surface area contributed by atoms with Crippen molar-refractivity contribution in [3.8, 4) is 11.3 Å². The largest absolute Gasteiger partial charge is 0.330 e. The number of aryl methyl sites for hydroxylation is 1. The molecule has 0 saturated carbocycles. The molecule has 0 radical (unpaired) electrons. The summed E-state index contributed by atoms with van der Waals surface area (Å²) >= 11 is 0. The van der Waals surface area contributed by atoms with Gasteiger partial charge in [0.2, 0.25) is 0 Å². The second-order valence-electron chi connectivity index (χ2n) is 10.7. The Balaban J connectivity index is 1.86. The second kappa shape index (κ2) is 11.6. The van der Waals surface area contributed by atoms with Crippen LogP contribution in [-0.4, -0.2) is 33.4 Å². The van der Waals surface area contributed by atoms with Crippen molar-refractivity contribution in [2.24, 2.45) is 11.1 Å². The average Bonchev–Trinajstić information content (AvgIpc) is 3.29. The fourth-order valence-corrected chi connectivity index (χ4v) is 4.88. The van der Waals surface area contributed by atoms with Crippen LogP contribution in [0.5, 0.6) is 0 Å². The number of carbonyl (C=O) groups excluding carboxylic acids is 1. The normalized spacial score (nSPS) is 12.4. The van der Waals surface area contributed by atoms with Gasteiger partial charge in [0, 0.05) is 30.4 Å². The van der Waals surface area contributed by atoms with Crippen molar-refractivity contribution in [2.45, 2.75) is 46.7 Å². The summed E-state index contributed by atoms with van der Waals surface area (Å²) in [6, 6.07) is 28.0. The van der Waals surface area contributed by atoms with E-state index < -0.39 is 0 Å². The van der Waals surface area contributed by atoms with Crippen LogP contribution < -0.4 is 5.73 Å². The summed E-state index contributed by atoms with van der Waals surface area (Å²) in [4.78, 5) is 21.1. The van der Waals surface area contributed by atoms with E-state index in [2.05, 4.69) is 74.9 Å². The highest BCUT2D eigenvalue weighted by Gasteiger charge is 2.38. The van der Waals surface area contributed by atoms with E-state index in [1.54, 1.807) is 0 Å². The van der Waals surface area contributed by atoms with Crippen molar-refractivity contribution in [1.29, 1.82) is 0 Å². The second-order valence-corrected chi connectivity index (χ2v) is 10.7. The number of imidazole rings is 1. The maximum Gasteiger partial charge on any atom is 0.254 e. The maximum atomic E-state index is 14.0. The molecule has 0 aliphatic heterocycles. The van der Waals surface area contributed by atoms with Crippen LogP contribution in [-0.2, 0) is 6.54 Å². The minimum Gasteiger partial charge on any atom is -0.330 e. The van der Waals surface area contributed by atoms with Crippen molar-refractivity contribution < 1.29 is 4.79 Å². The van der Waals surface area contributed by atoms with E-state index in [9.17, 15) is 4.79 Å². The van der Waals surface area contributed by atoms with Crippen LogP contribution in [0.2, 0.25) is 0 Å². The molecule has 5 heteroatoms. The summed E-state index contributed by atoms with van der Waals surface area (Å²) in [6.45, 7) is 10.4. The smallest absolute Gasteiger partial charge is 0.254 e. The van der Waals surface area contributed by atoms with Crippen molar-refractivity contribution in [1.82, 2.24) is 14.5 Å². The number of aromatic nitrogens is 2. The molecule has 4 aromatic rings. The number of hydrogen-bond donors (Lipinski definition) is 1. The van der Waals surface area contributed by atoms with Crippen LogP contribution in [0.15, 0.2) is 91.1 Å². The van der Waals surface area contributed by atoms with Crippen molar-refractivity contribution in [3.05, 3.63) is 114 Å². The molecule has 1 amide bonds. The lowest BCUT2D eigenvalue weighted by atomic mass is 9.84. The SMILES string of the molecule is Cc1cccc(Cn2cc(-c3ccccc3)nc2[C@H](N(CCCN)C(=O)c2ccccc2)C(C)(C)C)c1. The van der Waals surface area contributed by atoms with Crippen LogP contribution in [0.3, 0.4) is 0 Å². The molecule has 0 unspecified atom stereocenters. The number of nitrogens with two attached hydrogens (primary N) is 1. The zero-order valence-electron chi connectivity index (χ0n) is 22.4. The third-order valence-corrected chi connectivity index (χ3v) is 6.57. The van der Waals surface area contributed by atoms with E-state index in [-0.39, 0.29) is 17.4 Å². The number of hydrogen-bond acceptors (Lipinski definition) is 3. The summed E-state index contributed by atoms with van der Waals surface area (Å²) < 4.78 is 2.22. The van der Waals surface area contributed by atoms with E-state index in [0.717, 1.165) is 23.5 Å². The van der Waals surface area contributed by atoms with Crippen LogP contribution >= 0.6 is 0 Å². The Morgan fingerprint density at radius 1 is 0.973 bits per heavy atom. The molecule has 1 aromatic heterocycles. The summed E-state index contributed by atoms with van der Waals surface area (Å²) in [6.07, 6.45) is 2.84. The summed E-state index contributed by atoms with van der Waals surface area (Å²) in [5, 5.41) is 0. The number of nitrogens with zero attached hydrogens (tertiary/aromatic N) is 3. The maximum absolute atomic E-state index is 14.0. The average molecular weight is 495 g/mol. The van der Waals surface area contributed by atoms with Crippen molar-refractivity contribution in [2.75, 3.05) is 13.1 Å². The highest BCUT2D eigenvalue weighted by atomic mass is 16.2. The van der Waals surface area contributed by atoms with Gasteiger partial charge in [-0.25, -0.2) is 4.98 Å². The lowest BCUT2D eigenvalue weighted by Gasteiger charge is -2.40. The van der Waals surface area contributed by atoms with Gasteiger partial charge in [-0.1, -0.05) is 99.1 Å². The first kappa shape index (κ1) is 26.4. The number of carbonyl (C=O) groups is 1. The highest BCUT2D eigenvalue weighted by Crippen LogP contribution is 2.40. The molecule has 2 N–H and O–H groups in total. The summed E-state index contributed by atoms with van der Waals surface area (Å²) in [7, 11) is 0. The molecule has 0 aliphatic rings. The van der Waals surface area contributed by atoms with Gasteiger partial charge in [-0.15, -0.1) is 0 Å². The molecule has 192 valence electrons. The minimum absolute atomic E-state index is 0.000316. The first-order valence-electron chi connectivity index (χ1n) is 13.0. The molecule has 37 heavy (non-hydrogen) atoms. The topological polar surface area (TPSA) is 64.2 Å². The predicted molar refractivity (Wildman–Crippen MR) is 151 cm³/mol. The van der Waals surface area contributed by atoms with E-state index in [0.29, 0.717) is 25.2 Å². The lowest BCUT2D eigenvalue weighted by molar-refractivity contribution is 0.0482. The standard InChI is InChI=1S/C32H38N4O/c1-24-13-11-14-25(21-24)22-35-23-28(26-15-7-5-8-16-26)34-30(35)29(32(2,3)4)36(20-12-19-33)31(37)27-17-9-6-10-18-27/h5-11,13-18,21,23,29H,12,19-20,22,33H2,1-4H3/t29-/m0/s1. The zero-order valence-corrected chi connectivity index (χ0v) is 22.4. The number of benzene rings is 3. The van der Waals surface area contributed by atoms with Crippen molar-refractivity contribution in [3.63, 3.8) is 0 Å². The Morgan fingerprint density at radius 2 is 1.65 bits per heavy atom. The Morgan fingerprint density at radius 3 is 2.27 bits per heavy atom. The first-order chi connectivity index (χ1) is 17.8. The molecule has 0 spiro atoms. The fraction of sp³-hybridized carbons (Fsp3) is 0.312. The van der Waals surface area contributed by atoms with E-state index >= 15 is 0 Å². The van der Waals surface area contributed by atoms with Crippen LogP contribution in [0, 0.1) is 12.3 Å². The van der Waals surface area contributed by atoms with Gasteiger partial charge in [-0.2, -0.15) is 0 Å². The van der Waals surface area contributed by atoms with Gasteiger partial charge in [-0.05, 0) is 43.0 Å². The molecule has 1 atom stereocenters. The first-order valence-corrected chi connectivity index (χ1v) is 13.0.